The molecule has 1 aromatic rings. The van der Waals surface area contributed by atoms with Crippen LogP contribution in [0.15, 0.2) is 21.9 Å². The van der Waals surface area contributed by atoms with E-state index in [9.17, 15) is 12.8 Å². The van der Waals surface area contributed by atoms with Crippen molar-refractivity contribution in [2.24, 2.45) is 0 Å². The zero-order valence-corrected chi connectivity index (χ0v) is 11.7. The second-order valence-electron chi connectivity index (χ2n) is 3.73. The van der Waals surface area contributed by atoms with Crippen molar-refractivity contribution < 1.29 is 12.8 Å². The summed E-state index contributed by atoms with van der Waals surface area (Å²) < 4.78 is 37.0. The smallest absolute Gasteiger partial charge is 0.176 e. The minimum Gasteiger partial charge on any atom is -0.319 e. The lowest BCUT2D eigenvalue weighted by Gasteiger charge is -2.10. The van der Waals surface area contributed by atoms with Crippen LogP contribution in [0.25, 0.3) is 0 Å². The van der Waals surface area contributed by atoms with E-state index < -0.39 is 15.7 Å². The van der Waals surface area contributed by atoms with E-state index in [4.69, 9.17) is 0 Å². The molecule has 1 aromatic carbocycles. The fraction of sp³-hybridized carbons (Fsp3) is 0.455. The SMILES string of the molecule is CNCCc1cc(F)c(SC)c(S(C)(=O)=O)c1. The summed E-state index contributed by atoms with van der Waals surface area (Å²) in [6.07, 6.45) is 3.37. The van der Waals surface area contributed by atoms with Gasteiger partial charge >= 0.3 is 0 Å². The second kappa shape index (κ2) is 5.84. The van der Waals surface area contributed by atoms with E-state index in [-0.39, 0.29) is 9.79 Å². The molecule has 17 heavy (non-hydrogen) atoms. The number of benzene rings is 1. The number of hydrogen-bond donors (Lipinski definition) is 1. The first-order valence-corrected chi connectivity index (χ1v) is 8.23. The van der Waals surface area contributed by atoms with Crippen LogP contribution in [0.2, 0.25) is 0 Å². The van der Waals surface area contributed by atoms with Crippen molar-refractivity contribution in [3.8, 4) is 0 Å². The average molecular weight is 277 g/mol. The minimum absolute atomic E-state index is 0.0797. The van der Waals surface area contributed by atoms with Gasteiger partial charge in [0.1, 0.15) is 5.82 Å². The number of likely N-dealkylation sites (N-methyl/N-ethyl adjacent to an activating group) is 1. The van der Waals surface area contributed by atoms with Gasteiger partial charge in [-0.15, -0.1) is 11.8 Å². The molecular weight excluding hydrogens is 261 g/mol. The molecule has 0 saturated heterocycles. The zero-order chi connectivity index (χ0) is 13.1. The third-order valence-electron chi connectivity index (χ3n) is 2.34. The standard InChI is InChI=1S/C11H16FNO2S2/c1-13-5-4-8-6-9(12)11(16-2)10(7-8)17(3,14)15/h6-7,13H,4-5H2,1-3H3. The van der Waals surface area contributed by atoms with Crippen LogP contribution in [-0.4, -0.2) is 34.5 Å². The van der Waals surface area contributed by atoms with Crippen molar-refractivity contribution in [2.75, 3.05) is 26.1 Å². The second-order valence-corrected chi connectivity index (χ2v) is 6.54. The lowest BCUT2D eigenvalue weighted by atomic mass is 10.1. The first-order valence-electron chi connectivity index (χ1n) is 5.11. The Balaban J connectivity index is 3.29. The van der Waals surface area contributed by atoms with Crippen LogP contribution in [-0.2, 0) is 16.3 Å². The van der Waals surface area contributed by atoms with Crippen LogP contribution in [0.1, 0.15) is 5.56 Å². The molecule has 0 radical (unpaired) electrons. The van der Waals surface area contributed by atoms with E-state index in [0.29, 0.717) is 18.5 Å². The molecule has 0 amide bonds. The molecule has 0 aromatic heterocycles. The molecule has 3 nitrogen and oxygen atoms in total. The van der Waals surface area contributed by atoms with Gasteiger partial charge < -0.3 is 5.32 Å². The number of thioether (sulfide) groups is 1. The van der Waals surface area contributed by atoms with Crippen molar-refractivity contribution in [2.45, 2.75) is 16.2 Å². The quantitative estimate of drug-likeness (QED) is 0.832. The van der Waals surface area contributed by atoms with Crippen molar-refractivity contribution in [3.05, 3.63) is 23.5 Å². The molecule has 6 heteroatoms. The number of nitrogens with one attached hydrogen (secondary N) is 1. The van der Waals surface area contributed by atoms with Gasteiger partial charge in [-0.1, -0.05) is 0 Å². The van der Waals surface area contributed by atoms with Crippen LogP contribution in [0, 0.1) is 5.82 Å². The molecule has 0 atom stereocenters. The van der Waals surface area contributed by atoms with Crippen molar-refractivity contribution in [3.63, 3.8) is 0 Å². The maximum Gasteiger partial charge on any atom is 0.176 e. The fourth-order valence-corrected chi connectivity index (χ4v) is 3.53. The Labute approximate surface area is 106 Å². The Morgan fingerprint density at radius 1 is 1.41 bits per heavy atom. The summed E-state index contributed by atoms with van der Waals surface area (Å²) in [4.78, 5) is 0.275. The summed E-state index contributed by atoms with van der Waals surface area (Å²) in [5.74, 6) is -0.466. The first kappa shape index (κ1) is 14.5. The highest BCUT2D eigenvalue weighted by Gasteiger charge is 2.18. The van der Waals surface area contributed by atoms with E-state index in [1.807, 2.05) is 0 Å². The third-order valence-corrected chi connectivity index (χ3v) is 4.41. The van der Waals surface area contributed by atoms with Gasteiger partial charge in [-0.3, -0.25) is 0 Å². The van der Waals surface area contributed by atoms with E-state index in [2.05, 4.69) is 5.32 Å². The molecule has 0 heterocycles. The summed E-state index contributed by atoms with van der Waals surface area (Å²) in [7, 11) is -1.60. The Kier molecular flexibility index (Phi) is 4.97. The van der Waals surface area contributed by atoms with Crippen molar-refractivity contribution in [1.29, 1.82) is 0 Å². The Hall–Kier alpha value is -0.590. The molecule has 0 fully saturated rings. The van der Waals surface area contributed by atoms with Gasteiger partial charge in [-0.2, -0.15) is 0 Å². The van der Waals surface area contributed by atoms with Gasteiger partial charge in [0.05, 0.1) is 9.79 Å². The van der Waals surface area contributed by atoms with Gasteiger partial charge in [0.2, 0.25) is 0 Å². The molecule has 96 valence electrons. The van der Waals surface area contributed by atoms with Gasteiger partial charge in [0.15, 0.2) is 9.84 Å². The molecule has 0 unspecified atom stereocenters. The predicted molar refractivity (Wildman–Crippen MR) is 68.9 cm³/mol. The highest BCUT2D eigenvalue weighted by Crippen LogP contribution is 2.29. The monoisotopic (exact) mass is 277 g/mol. The molecule has 1 N–H and O–H groups in total. The fourth-order valence-electron chi connectivity index (χ4n) is 1.51. The van der Waals surface area contributed by atoms with E-state index in [1.165, 1.54) is 6.07 Å². The summed E-state index contributed by atoms with van der Waals surface area (Å²) >= 11 is 1.11. The number of sulfone groups is 1. The van der Waals surface area contributed by atoms with Gasteiger partial charge in [0, 0.05) is 6.26 Å². The van der Waals surface area contributed by atoms with E-state index in [0.717, 1.165) is 18.0 Å². The summed E-state index contributed by atoms with van der Waals surface area (Å²) in [5.41, 5.74) is 0.690. The maximum absolute atomic E-state index is 13.8. The van der Waals surface area contributed by atoms with Crippen LogP contribution in [0.4, 0.5) is 4.39 Å². The summed E-state index contributed by atoms with van der Waals surface area (Å²) in [6.45, 7) is 0.682. The molecule has 1 rings (SSSR count). The van der Waals surface area contributed by atoms with Gasteiger partial charge in [-0.05, 0) is 44.0 Å². The number of rotatable bonds is 5. The minimum atomic E-state index is -3.40. The van der Waals surface area contributed by atoms with Crippen LogP contribution >= 0.6 is 11.8 Å². The normalized spacial score (nSPS) is 11.8. The Morgan fingerprint density at radius 2 is 2.06 bits per heavy atom. The Bertz CT molecular complexity index is 500. The predicted octanol–water partition coefficient (Wildman–Crippen LogP) is 1.71. The Morgan fingerprint density at radius 3 is 2.53 bits per heavy atom. The average Bonchev–Trinajstić information content (AvgIpc) is 2.24. The highest BCUT2D eigenvalue weighted by atomic mass is 32.2. The first-order chi connectivity index (χ1) is 7.90. The topological polar surface area (TPSA) is 46.2 Å². The molecule has 0 aliphatic carbocycles. The third kappa shape index (κ3) is 3.69. The zero-order valence-electron chi connectivity index (χ0n) is 10.1. The molecule has 0 bridgehead atoms. The van der Waals surface area contributed by atoms with Crippen molar-refractivity contribution >= 4 is 21.6 Å². The maximum atomic E-state index is 13.8. The van der Waals surface area contributed by atoms with E-state index in [1.54, 1.807) is 19.4 Å². The number of halogens is 1. The molecule has 0 spiro atoms. The molecule has 0 aliphatic heterocycles. The lowest BCUT2D eigenvalue weighted by Crippen LogP contribution is -2.11. The van der Waals surface area contributed by atoms with Gasteiger partial charge in [-0.25, -0.2) is 12.8 Å². The van der Waals surface area contributed by atoms with Crippen molar-refractivity contribution in [1.82, 2.24) is 5.32 Å². The van der Waals surface area contributed by atoms with Crippen LogP contribution in [0.5, 0.6) is 0 Å². The van der Waals surface area contributed by atoms with Gasteiger partial charge in [0.25, 0.3) is 0 Å². The van der Waals surface area contributed by atoms with Crippen LogP contribution < -0.4 is 5.32 Å². The summed E-state index contributed by atoms with van der Waals surface area (Å²) in [5, 5.41) is 2.95. The van der Waals surface area contributed by atoms with Crippen LogP contribution in [0.3, 0.4) is 0 Å². The largest absolute Gasteiger partial charge is 0.319 e. The van der Waals surface area contributed by atoms with E-state index >= 15 is 0 Å². The summed E-state index contributed by atoms with van der Waals surface area (Å²) in [6, 6.07) is 2.96. The molecular formula is C11H16FNO2S2. The highest BCUT2D eigenvalue weighted by molar-refractivity contribution is 7.99. The molecule has 0 saturated carbocycles. The lowest BCUT2D eigenvalue weighted by molar-refractivity contribution is 0.575. The molecule has 0 aliphatic rings. The number of hydrogen-bond acceptors (Lipinski definition) is 4.